The summed E-state index contributed by atoms with van der Waals surface area (Å²) in [5.41, 5.74) is 2.39. The zero-order valence-electron chi connectivity index (χ0n) is 16.2. The molecule has 1 atom stereocenters. The SMILES string of the molecule is Cc1ccccc1-n1ncc2c(=O)n3c(nc21)SCC3CC(=O)NCC(C)C. The average Bonchev–Trinajstić information content (AvgIpc) is 3.26. The van der Waals surface area contributed by atoms with Gasteiger partial charge in [-0.2, -0.15) is 5.10 Å². The molecule has 3 aromatic rings. The summed E-state index contributed by atoms with van der Waals surface area (Å²) in [6.07, 6.45) is 1.86. The van der Waals surface area contributed by atoms with Crippen LogP contribution in [0.2, 0.25) is 0 Å². The molecular weight excluding hydrogens is 374 g/mol. The normalized spacial score (nSPS) is 15.9. The van der Waals surface area contributed by atoms with Gasteiger partial charge in [-0.3, -0.25) is 14.2 Å². The van der Waals surface area contributed by atoms with Gasteiger partial charge in [0.25, 0.3) is 5.56 Å². The zero-order chi connectivity index (χ0) is 19.8. The standard InChI is InChI=1S/C20H23N5O2S/c1-12(2)9-21-17(26)8-14-11-28-20-23-18-15(19(27)24(14)20)10-22-25(18)16-7-5-4-6-13(16)3/h4-7,10,12,14H,8-9,11H2,1-3H3,(H,21,26). The maximum Gasteiger partial charge on any atom is 0.265 e. The Morgan fingerprint density at radius 3 is 2.89 bits per heavy atom. The Kier molecular flexibility index (Phi) is 4.97. The Morgan fingerprint density at radius 1 is 1.36 bits per heavy atom. The number of carbonyl (C=O) groups excluding carboxylic acids is 1. The third-order valence-corrected chi connectivity index (χ3v) is 5.94. The molecule has 1 N–H and O–H groups in total. The first-order chi connectivity index (χ1) is 13.5. The largest absolute Gasteiger partial charge is 0.356 e. The number of thioether (sulfide) groups is 1. The lowest BCUT2D eigenvalue weighted by molar-refractivity contribution is -0.121. The first-order valence-electron chi connectivity index (χ1n) is 9.41. The summed E-state index contributed by atoms with van der Waals surface area (Å²) in [5, 5.41) is 8.46. The topological polar surface area (TPSA) is 81.8 Å². The van der Waals surface area contributed by atoms with Gasteiger partial charge in [0.2, 0.25) is 5.91 Å². The molecule has 0 spiro atoms. The van der Waals surface area contributed by atoms with Crippen molar-refractivity contribution in [2.75, 3.05) is 12.3 Å². The van der Waals surface area contributed by atoms with E-state index < -0.39 is 0 Å². The van der Waals surface area contributed by atoms with Gasteiger partial charge < -0.3 is 5.32 Å². The Morgan fingerprint density at radius 2 is 2.14 bits per heavy atom. The van der Waals surface area contributed by atoms with Crippen LogP contribution in [0.25, 0.3) is 16.7 Å². The molecule has 1 aromatic carbocycles. The van der Waals surface area contributed by atoms with Gasteiger partial charge in [-0.15, -0.1) is 0 Å². The molecule has 3 heterocycles. The van der Waals surface area contributed by atoms with Crippen LogP contribution in [0, 0.1) is 12.8 Å². The lowest BCUT2D eigenvalue weighted by atomic mass is 10.2. The molecule has 2 aromatic heterocycles. The number of hydrogen-bond acceptors (Lipinski definition) is 5. The minimum atomic E-state index is -0.182. The molecule has 0 saturated carbocycles. The van der Waals surface area contributed by atoms with Crippen molar-refractivity contribution in [3.05, 3.63) is 46.4 Å². The molecule has 0 radical (unpaired) electrons. The Labute approximate surface area is 167 Å². The predicted octanol–water partition coefficient (Wildman–Crippen LogP) is 2.70. The van der Waals surface area contributed by atoms with E-state index in [4.69, 9.17) is 4.98 Å². The number of hydrogen-bond donors (Lipinski definition) is 1. The fraction of sp³-hybridized carbons (Fsp3) is 0.400. The number of carbonyl (C=O) groups is 1. The molecule has 1 aliphatic rings. The van der Waals surface area contributed by atoms with Crippen molar-refractivity contribution < 1.29 is 4.79 Å². The van der Waals surface area contributed by atoms with Crippen LogP contribution < -0.4 is 10.9 Å². The molecule has 0 saturated heterocycles. The lowest BCUT2D eigenvalue weighted by Crippen LogP contribution is -2.32. The molecule has 0 fully saturated rings. The monoisotopic (exact) mass is 397 g/mol. The Balaban J connectivity index is 1.70. The first-order valence-corrected chi connectivity index (χ1v) is 10.4. The summed E-state index contributed by atoms with van der Waals surface area (Å²) in [5.74, 6) is 1.03. The highest BCUT2D eigenvalue weighted by atomic mass is 32.2. The van der Waals surface area contributed by atoms with E-state index in [0.717, 1.165) is 11.3 Å². The second kappa shape index (κ2) is 7.43. The fourth-order valence-electron chi connectivity index (χ4n) is 3.36. The van der Waals surface area contributed by atoms with Crippen LogP contribution in [0.15, 0.2) is 40.4 Å². The predicted molar refractivity (Wildman–Crippen MR) is 110 cm³/mol. The highest BCUT2D eigenvalue weighted by Crippen LogP contribution is 2.33. The van der Waals surface area contributed by atoms with Crippen molar-refractivity contribution >= 4 is 28.7 Å². The Bertz CT molecular complexity index is 1100. The number of amides is 1. The van der Waals surface area contributed by atoms with Gasteiger partial charge in [-0.25, -0.2) is 9.67 Å². The molecule has 8 heteroatoms. The summed E-state index contributed by atoms with van der Waals surface area (Å²) < 4.78 is 3.38. The maximum atomic E-state index is 13.1. The van der Waals surface area contributed by atoms with E-state index in [2.05, 4.69) is 24.3 Å². The third-order valence-electron chi connectivity index (χ3n) is 4.84. The fourth-order valence-corrected chi connectivity index (χ4v) is 4.49. The van der Waals surface area contributed by atoms with Gasteiger partial charge in [-0.05, 0) is 24.5 Å². The van der Waals surface area contributed by atoms with Gasteiger partial charge in [-0.1, -0.05) is 43.8 Å². The van der Waals surface area contributed by atoms with Gasteiger partial charge in [0.15, 0.2) is 10.8 Å². The average molecular weight is 398 g/mol. The molecule has 1 aliphatic heterocycles. The quantitative estimate of drug-likeness (QED) is 0.670. The van der Waals surface area contributed by atoms with E-state index in [1.165, 1.54) is 11.8 Å². The molecule has 0 bridgehead atoms. The van der Waals surface area contributed by atoms with Crippen molar-refractivity contribution in [1.82, 2.24) is 24.6 Å². The van der Waals surface area contributed by atoms with Crippen LogP contribution in [0.1, 0.15) is 31.9 Å². The van der Waals surface area contributed by atoms with Crippen molar-refractivity contribution in [3.63, 3.8) is 0 Å². The molecule has 7 nitrogen and oxygen atoms in total. The molecule has 0 aliphatic carbocycles. The number of benzene rings is 1. The van der Waals surface area contributed by atoms with Crippen molar-refractivity contribution in [1.29, 1.82) is 0 Å². The van der Waals surface area contributed by atoms with E-state index in [1.807, 2.05) is 31.2 Å². The summed E-state index contributed by atoms with van der Waals surface area (Å²) in [6, 6.07) is 7.69. The molecule has 4 rings (SSSR count). The van der Waals surface area contributed by atoms with Crippen LogP contribution in [0.5, 0.6) is 0 Å². The second-order valence-electron chi connectivity index (χ2n) is 7.52. The molecular formula is C20H23N5O2S. The number of nitrogens with one attached hydrogen (secondary N) is 1. The van der Waals surface area contributed by atoms with E-state index >= 15 is 0 Å². The highest BCUT2D eigenvalue weighted by Gasteiger charge is 2.29. The number of rotatable bonds is 5. The molecule has 28 heavy (non-hydrogen) atoms. The van der Waals surface area contributed by atoms with Gasteiger partial charge >= 0.3 is 0 Å². The van der Waals surface area contributed by atoms with E-state index in [1.54, 1.807) is 15.4 Å². The van der Waals surface area contributed by atoms with Gasteiger partial charge in [0, 0.05) is 18.7 Å². The minimum Gasteiger partial charge on any atom is -0.356 e. The van der Waals surface area contributed by atoms with Crippen molar-refractivity contribution in [2.45, 2.75) is 38.4 Å². The number of fused-ring (bicyclic) bond motifs is 2. The molecule has 1 unspecified atom stereocenters. The van der Waals surface area contributed by atoms with Crippen molar-refractivity contribution in [3.8, 4) is 5.69 Å². The van der Waals surface area contributed by atoms with Crippen LogP contribution in [-0.4, -0.2) is 37.5 Å². The van der Waals surface area contributed by atoms with E-state index in [0.29, 0.717) is 34.4 Å². The number of aromatic nitrogens is 4. The van der Waals surface area contributed by atoms with Gasteiger partial charge in [0.05, 0.1) is 17.9 Å². The van der Waals surface area contributed by atoms with Crippen LogP contribution in [-0.2, 0) is 4.79 Å². The molecule has 1 amide bonds. The zero-order valence-corrected chi connectivity index (χ0v) is 17.0. The second-order valence-corrected chi connectivity index (χ2v) is 8.50. The third kappa shape index (κ3) is 3.32. The highest BCUT2D eigenvalue weighted by molar-refractivity contribution is 7.99. The number of nitrogens with zero attached hydrogens (tertiary/aromatic N) is 4. The van der Waals surface area contributed by atoms with Crippen LogP contribution >= 0.6 is 11.8 Å². The number of para-hydroxylation sites is 1. The first kappa shape index (κ1) is 18.7. The van der Waals surface area contributed by atoms with Crippen LogP contribution in [0.4, 0.5) is 0 Å². The molecule has 146 valence electrons. The summed E-state index contributed by atoms with van der Waals surface area (Å²) >= 11 is 1.51. The van der Waals surface area contributed by atoms with Crippen LogP contribution in [0.3, 0.4) is 0 Å². The summed E-state index contributed by atoms with van der Waals surface area (Å²) in [6.45, 7) is 6.75. The smallest absolute Gasteiger partial charge is 0.265 e. The minimum absolute atomic E-state index is 0.0326. The summed E-state index contributed by atoms with van der Waals surface area (Å²) in [7, 11) is 0. The maximum absolute atomic E-state index is 13.1. The lowest BCUT2D eigenvalue weighted by Gasteiger charge is -2.14. The van der Waals surface area contributed by atoms with Crippen molar-refractivity contribution in [2.24, 2.45) is 5.92 Å². The Hall–Kier alpha value is -2.61. The van der Waals surface area contributed by atoms with Gasteiger partial charge in [0.1, 0.15) is 5.39 Å². The summed E-state index contributed by atoms with van der Waals surface area (Å²) in [4.78, 5) is 30.1. The number of aryl methyl sites for hydroxylation is 1. The van der Waals surface area contributed by atoms with E-state index in [9.17, 15) is 9.59 Å². The van der Waals surface area contributed by atoms with E-state index in [-0.39, 0.29) is 23.9 Å².